The van der Waals surface area contributed by atoms with Gasteiger partial charge < -0.3 is 16.8 Å². The van der Waals surface area contributed by atoms with E-state index in [1.165, 1.54) is 10.4 Å². The third-order valence-corrected chi connectivity index (χ3v) is 3.20. The Balaban J connectivity index is 2.34. The van der Waals surface area contributed by atoms with Crippen molar-refractivity contribution in [3.63, 3.8) is 0 Å². The van der Waals surface area contributed by atoms with Gasteiger partial charge in [0, 0.05) is 18.0 Å². The molecule has 1 rings (SSSR count). The summed E-state index contributed by atoms with van der Waals surface area (Å²) >= 11 is 1.71. The van der Waals surface area contributed by atoms with Crippen LogP contribution in [0.4, 0.5) is 0 Å². The Morgan fingerprint density at radius 2 is 2.40 bits per heavy atom. The average Bonchev–Trinajstić information content (AvgIpc) is 2.65. The van der Waals surface area contributed by atoms with Crippen molar-refractivity contribution < 1.29 is 4.79 Å². The van der Waals surface area contributed by atoms with Gasteiger partial charge in [0.2, 0.25) is 5.91 Å². The van der Waals surface area contributed by atoms with E-state index in [0.717, 1.165) is 13.0 Å². The second-order valence-corrected chi connectivity index (χ2v) is 4.36. The number of carbonyl (C=O) groups is 1. The summed E-state index contributed by atoms with van der Waals surface area (Å²) in [7, 11) is 0. The second-order valence-electron chi connectivity index (χ2n) is 3.36. The Kier molecular flexibility index (Phi) is 4.74. The molecular formula is C10H17N3OS. The molecule has 0 aliphatic heterocycles. The summed E-state index contributed by atoms with van der Waals surface area (Å²) in [6, 6.07) is 1.52. The molecule has 84 valence electrons. The van der Waals surface area contributed by atoms with Crippen LogP contribution in [0.3, 0.4) is 0 Å². The standard InChI is InChI=1S/C10H17N3OS/c1-2-7-3-4-15-9(7)6-13-5-8(11)10(12)14/h3-4,8,13H,2,5-6,11H2,1H3,(H2,12,14). The fraction of sp³-hybridized carbons (Fsp3) is 0.500. The summed E-state index contributed by atoms with van der Waals surface area (Å²) in [5, 5.41) is 5.20. The SMILES string of the molecule is CCc1ccsc1CNCC(N)C(N)=O. The van der Waals surface area contributed by atoms with Crippen molar-refractivity contribution in [2.24, 2.45) is 11.5 Å². The monoisotopic (exact) mass is 227 g/mol. The minimum absolute atomic E-state index is 0.427. The molecule has 5 heteroatoms. The number of amides is 1. The minimum atomic E-state index is -0.602. The molecule has 0 bridgehead atoms. The van der Waals surface area contributed by atoms with Crippen molar-refractivity contribution in [3.05, 3.63) is 21.9 Å². The van der Waals surface area contributed by atoms with Gasteiger partial charge in [-0.2, -0.15) is 0 Å². The maximum atomic E-state index is 10.7. The van der Waals surface area contributed by atoms with Crippen molar-refractivity contribution >= 4 is 17.2 Å². The fourth-order valence-corrected chi connectivity index (χ4v) is 2.22. The number of rotatable bonds is 6. The van der Waals surface area contributed by atoms with Crippen LogP contribution in [-0.2, 0) is 17.8 Å². The molecule has 0 aliphatic rings. The van der Waals surface area contributed by atoms with E-state index in [4.69, 9.17) is 11.5 Å². The maximum absolute atomic E-state index is 10.7. The maximum Gasteiger partial charge on any atom is 0.235 e. The van der Waals surface area contributed by atoms with Gasteiger partial charge in [0.1, 0.15) is 0 Å². The van der Waals surface area contributed by atoms with Crippen molar-refractivity contribution in [1.29, 1.82) is 0 Å². The highest BCUT2D eigenvalue weighted by molar-refractivity contribution is 7.10. The first-order chi connectivity index (χ1) is 7.15. The van der Waals surface area contributed by atoms with E-state index >= 15 is 0 Å². The van der Waals surface area contributed by atoms with E-state index in [1.54, 1.807) is 11.3 Å². The largest absolute Gasteiger partial charge is 0.368 e. The first-order valence-corrected chi connectivity index (χ1v) is 5.84. The lowest BCUT2D eigenvalue weighted by atomic mass is 10.2. The third kappa shape index (κ3) is 3.62. The number of thiophene rings is 1. The first kappa shape index (κ1) is 12.2. The molecule has 0 aromatic carbocycles. The quantitative estimate of drug-likeness (QED) is 0.650. The Bertz CT molecular complexity index is 324. The Morgan fingerprint density at radius 3 is 3.00 bits per heavy atom. The summed E-state index contributed by atoms with van der Waals surface area (Å²) in [6.07, 6.45) is 1.03. The van der Waals surface area contributed by atoms with Gasteiger partial charge in [-0.3, -0.25) is 4.79 Å². The Labute approximate surface area is 93.7 Å². The van der Waals surface area contributed by atoms with Crippen LogP contribution in [0.15, 0.2) is 11.4 Å². The fourth-order valence-electron chi connectivity index (χ4n) is 1.28. The van der Waals surface area contributed by atoms with Crippen LogP contribution in [0, 0.1) is 0 Å². The zero-order valence-electron chi connectivity index (χ0n) is 8.82. The summed E-state index contributed by atoms with van der Waals surface area (Å²) in [6.45, 7) is 3.30. The van der Waals surface area contributed by atoms with Gasteiger partial charge >= 0.3 is 0 Å². The molecule has 4 nitrogen and oxygen atoms in total. The highest BCUT2D eigenvalue weighted by Crippen LogP contribution is 2.16. The van der Waals surface area contributed by atoms with Crippen molar-refractivity contribution in [2.45, 2.75) is 25.9 Å². The topological polar surface area (TPSA) is 81.1 Å². The number of hydrogen-bond donors (Lipinski definition) is 3. The summed E-state index contributed by atoms with van der Waals surface area (Å²) < 4.78 is 0. The lowest BCUT2D eigenvalue weighted by Crippen LogP contribution is -2.44. The predicted molar refractivity (Wildman–Crippen MR) is 62.6 cm³/mol. The zero-order chi connectivity index (χ0) is 11.3. The average molecular weight is 227 g/mol. The van der Waals surface area contributed by atoms with Crippen LogP contribution in [-0.4, -0.2) is 18.5 Å². The lowest BCUT2D eigenvalue weighted by molar-refractivity contribution is -0.119. The molecule has 0 saturated heterocycles. The Morgan fingerprint density at radius 1 is 1.67 bits per heavy atom. The van der Waals surface area contributed by atoms with E-state index in [2.05, 4.69) is 23.7 Å². The first-order valence-electron chi connectivity index (χ1n) is 4.96. The molecule has 0 saturated carbocycles. The molecule has 1 atom stereocenters. The third-order valence-electron chi connectivity index (χ3n) is 2.23. The zero-order valence-corrected chi connectivity index (χ0v) is 9.64. The number of carbonyl (C=O) groups excluding carboxylic acids is 1. The summed E-state index contributed by atoms with van der Waals surface area (Å²) in [4.78, 5) is 12.0. The molecule has 15 heavy (non-hydrogen) atoms. The molecular weight excluding hydrogens is 210 g/mol. The molecule has 0 fully saturated rings. The molecule has 1 unspecified atom stereocenters. The number of hydrogen-bond acceptors (Lipinski definition) is 4. The predicted octanol–water partition coefficient (Wildman–Crippen LogP) is 0.213. The molecule has 5 N–H and O–H groups in total. The van der Waals surface area contributed by atoms with Gasteiger partial charge in [0.15, 0.2) is 0 Å². The molecule has 1 heterocycles. The number of primary amides is 1. The molecule has 1 amide bonds. The van der Waals surface area contributed by atoms with E-state index in [1.807, 2.05) is 0 Å². The van der Waals surface area contributed by atoms with Crippen LogP contribution in [0.25, 0.3) is 0 Å². The van der Waals surface area contributed by atoms with Gasteiger partial charge in [0.25, 0.3) is 0 Å². The van der Waals surface area contributed by atoms with Crippen LogP contribution in [0.1, 0.15) is 17.4 Å². The van der Waals surface area contributed by atoms with Crippen LogP contribution in [0.2, 0.25) is 0 Å². The van der Waals surface area contributed by atoms with E-state index in [0.29, 0.717) is 6.54 Å². The number of aryl methyl sites for hydroxylation is 1. The summed E-state index contributed by atoms with van der Waals surface area (Å²) in [5.74, 6) is -0.468. The van der Waals surface area contributed by atoms with E-state index in [-0.39, 0.29) is 0 Å². The van der Waals surface area contributed by atoms with Gasteiger partial charge in [0.05, 0.1) is 6.04 Å². The minimum Gasteiger partial charge on any atom is -0.368 e. The molecule has 0 spiro atoms. The van der Waals surface area contributed by atoms with Crippen molar-refractivity contribution in [1.82, 2.24) is 5.32 Å². The van der Waals surface area contributed by atoms with Gasteiger partial charge in [-0.1, -0.05) is 6.92 Å². The number of nitrogens with one attached hydrogen (secondary N) is 1. The van der Waals surface area contributed by atoms with Crippen molar-refractivity contribution in [2.75, 3.05) is 6.54 Å². The van der Waals surface area contributed by atoms with Crippen LogP contribution in [0.5, 0.6) is 0 Å². The van der Waals surface area contributed by atoms with Gasteiger partial charge in [-0.25, -0.2) is 0 Å². The lowest BCUT2D eigenvalue weighted by Gasteiger charge is -2.08. The highest BCUT2D eigenvalue weighted by Gasteiger charge is 2.08. The van der Waals surface area contributed by atoms with Crippen LogP contribution >= 0.6 is 11.3 Å². The second kappa shape index (κ2) is 5.85. The normalized spacial score (nSPS) is 12.7. The molecule has 0 aliphatic carbocycles. The van der Waals surface area contributed by atoms with Crippen molar-refractivity contribution in [3.8, 4) is 0 Å². The van der Waals surface area contributed by atoms with Gasteiger partial charge in [-0.05, 0) is 23.4 Å². The molecule has 1 aromatic heterocycles. The molecule has 0 radical (unpaired) electrons. The Hall–Kier alpha value is -0.910. The van der Waals surface area contributed by atoms with E-state index in [9.17, 15) is 4.79 Å². The van der Waals surface area contributed by atoms with Gasteiger partial charge in [-0.15, -0.1) is 11.3 Å². The van der Waals surface area contributed by atoms with Crippen LogP contribution < -0.4 is 16.8 Å². The number of nitrogens with two attached hydrogens (primary N) is 2. The highest BCUT2D eigenvalue weighted by atomic mass is 32.1. The smallest absolute Gasteiger partial charge is 0.235 e. The summed E-state index contributed by atoms with van der Waals surface area (Å²) in [5.41, 5.74) is 11.9. The van der Waals surface area contributed by atoms with E-state index < -0.39 is 11.9 Å². The molecule has 1 aromatic rings.